The summed E-state index contributed by atoms with van der Waals surface area (Å²) in [6.07, 6.45) is 0. The van der Waals surface area contributed by atoms with Gasteiger partial charge in [0.25, 0.3) is 0 Å². The van der Waals surface area contributed by atoms with Gasteiger partial charge in [-0.3, -0.25) is 14.5 Å². The van der Waals surface area contributed by atoms with Crippen molar-refractivity contribution >= 4 is 42.3 Å². The number of methoxy groups -OCH3 is 1. The van der Waals surface area contributed by atoms with Gasteiger partial charge in [0.2, 0.25) is 11.8 Å². The van der Waals surface area contributed by atoms with Gasteiger partial charge < -0.3 is 20.3 Å². The van der Waals surface area contributed by atoms with Gasteiger partial charge in [0.15, 0.2) is 0 Å². The van der Waals surface area contributed by atoms with E-state index in [0.29, 0.717) is 52.4 Å². The maximum Gasteiger partial charge on any atom is 0.238 e. The fraction of sp³-hybridized carbons (Fsp3) is 0.579. The van der Waals surface area contributed by atoms with E-state index >= 15 is 0 Å². The average Bonchev–Trinajstić information content (AvgIpc) is 2.63. The number of nitrogens with zero attached hydrogens (tertiary/aromatic N) is 2. The molecule has 2 amide bonds. The number of hydrogen-bond donors (Lipinski definition) is 2. The number of piperazine rings is 1. The minimum absolute atomic E-state index is 0. The second-order valence-corrected chi connectivity index (χ2v) is 6.62. The van der Waals surface area contributed by atoms with Crippen LogP contribution in [0.2, 0.25) is 0 Å². The number of rotatable bonds is 8. The van der Waals surface area contributed by atoms with Crippen molar-refractivity contribution in [3.63, 3.8) is 0 Å². The van der Waals surface area contributed by atoms with Crippen LogP contribution in [0.15, 0.2) is 18.2 Å². The number of aryl methyl sites for hydroxylation is 1. The van der Waals surface area contributed by atoms with Gasteiger partial charge >= 0.3 is 0 Å². The molecule has 0 spiro atoms. The third kappa shape index (κ3) is 8.32. The van der Waals surface area contributed by atoms with Gasteiger partial charge in [-0.2, -0.15) is 0 Å². The van der Waals surface area contributed by atoms with E-state index in [0.717, 1.165) is 16.8 Å². The average molecular weight is 435 g/mol. The Balaban J connectivity index is 0.00000364. The summed E-state index contributed by atoms with van der Waals surface area (Å²) in [6.45, 7) is 8.72. The van der Waals surface area contributed by atoms with Crippen molar-refractivity contribution in [3.05, 3.63) is 29.3 Å². The number of benzene rings is 1. The number of carbonyl (C=O) groups excluding carboxylic acids is 2. The van der Waals surface area contributed by atoms with Crippen molar-refractivity contribution in [2.24, 2.45) is 0 Å². The van der Waals surface area contributed by atoms with Crippen LogP contribution in [0.3, 0.4) is 0 Å². The van der Waals surface area contributed by atoms with Gasteiger partial charge in [0.05, 0.1) is 19.7 Å². The molecule has 1 aromatic carbocycles. The third-order valence-corrected chi connectivity index (χ3v) is 4.73. The van der Waals surface area contributed by atoms with Crippen LogP contribution in [0.1, 0.15) is 11.1 Å². The van der Waals surface area contributed by atoms with E-state index in [1.165, 1.54) is 0 Å². The topological polar surface area (TPSA) is 73.9 Å². The molecule has 2 N–H and O–H groups in total. The van der Waals surface area contributed by atoms with Crippen molar-refractivity contribution in [3.8, 4) is 0 Å². The molecule has 0 saturated carbocycles. The summed E-state index contributed by atoms with van der Waals surface area (Å²) in [7, 11) is 1.64. The minimum atomic E-state index is -0.0142. The highest BCUT2D eigenvalue weighted by Gasteiger charge is 2.22. The molecule has 1 heterocycles. The third-order valence-electron chi connectivity index (χ3n) is 4.73. The predicted octanol–water partition coefficient (Wildman–Crippen LogP) is 1.47. The normalized spacial score (nSPS) is 14.0. The fourth-order valence-electron chi connectivity index (χ4n) is 2.92. The van der Waals surface area contributed by atoms with Crippen molar-refractivity contribution < 1.29 is 14.3 Å². The molecule has 160 valence electrons. The van der Waals surface area contributed by atoms with E-state index in [1.54, 1.807) is 7.11 Å². The molecular formula is C19H32Cl2N4O3. The number of amides is 2. The van der Waals surface area contributed by atoms with Crippen molar-refractivity contribution in [2.45, 2.75) is 13.8 Å². The van der Waals surface area contributed by atoms with E-state index in [9.17, 15) is 9.59 Å². The molecule has 0 aromatic heterocycles. The van der Waals surface area contributed by atoms with Gasteiger partial charge in [-0.15, -0.1) is 24.8 Å². The zero-order valence-electron chi connectivity index (χ0n) is 16.8. The maximum atomic E-state index is 12.3. The van der Waals surface area contributed by atoms with Crippen LogP contribution in [0.25, 0.3) is 0 Å². The molecule has 0 aliphatic carbocycles. The summed E-state index contributed by atoms with van der Waals surface area (Å²) in [4.78, 5) is 28.4. The monoisotopic (exact) mass is 434 g/mol. The lowest BCUT2D eigenvalue weighted by molar-refractivity contribution is -0.132. The Hall–Kier alpha value is -1.38. The molecule has 0 atom stereocenters. The smallest absolute Gasteiger partial charge is 0.238 e. The van der Waals surface area contributed by atoms with Crippen LogP contribution < -0.4 is 10.6 Å². The molecular weight excluding hydrogens is 403 g/mol. The molecule has 7 nitrogen and oxygen atoms in total. The highest BCUT2D eigenvalue weighted by Crippen LogP contribution is 2.17. The summed E-state index contributed by atoms with van der Waals surface area (Å²) < 4.78 is 4.94. The van der Waals surface area contributed by atoms with Crippen LogP contribution in [0, 0.1) is 13.8 Å². The highest BCUT2D eigenvalue weighted by molar-refractivity contribution is 5.93. The number of hydrogen-bond acceptors (Lipinski definition) is 5. The quantitative estimate of drug-likeness (QED) is 0.605. The Morgan fingerprint density at radius 3 is 2.43 bits per heavy atom. The first-order valence-corrected chi connectivity index (χ1v) is 9.07. The van der Waals surface area contributed by atoms with Crippen LogP contribution >= 0.6 is 24.8 Å². The molecule has 1 saturated heterocycles. The molecule has 1 aliphatic heterocycles. The first kappa shape index (κ1) is 26.6. The molecule has 1 fully saturated rings. The molecule has 28 heavy (non-hydrogen) atoms. The van der Waals surface area contributed by atoms with E-state index in [4.69, 9.17) is 4.74 Å². The van der Waals surface area contributed by atoms with Gasteiger partial charge in [-0.1, -0.05) is 12.1 Å². The second-order valence-electron chi connectivity index (χ2n) is 6.62. The minimum Gasteiger partial charge on any atom is -0.383 e. The van der Waals surface area contributed by atoms with Crippen LogP contribution in [-0.2, 0) is 14.3 Å². The number of halogens is 2. The lowest BCUT2D eigenvalue weighted by Crippen LogP contribution is -2.52. The largest absolute Gasteiger partial charge is 0.383 e. The van der Waals surface area contributed by atoms with Crippen LogP contribution in [0.4, 0.5) is 5.69 Å². The van der Waals surface area contributed by atoms with E-state index in [2.05, 4.69) is 15.5 Å². The molecule has 0 bridgehead atoms. The fourth-order valence-corrected chi connectivity index (χ4v) is 2.92. The Bertz CT molecular complexity index is 623. The Morgan fingerprint density at radius 2 is 1.79 bits per heavy atom. The lowest BCUT2D eigenvalue weighted by atomic mass is 10.1. The SMILES string of the molecule is COCCNCC(=O)N1CCN(CC(=O)Nc2cccc(C)c2C)CC1.Cl.Cl. The number of ether oxygens (including phenoxy) is 1. The summed E-state index contributed by atoms with van der Waals surface area (Å²) in [5.74, 6) is 0.0836. The second kappa shape index (κ2) is 13.7. The molecule has 1 aromatic rings. The van der Waals surface area contributed by atoms with E-state index in [-0.39, 0.29) is 36.6 Å². The standard InChI is InChI=1S/C19H30N4O3.2ClH/c1-15-5-4-6-17(16(15)2)21-18(24)14-22-8-10-23(11-9-22)19(25)13-20-7-12-26-3;;/h4-6,20H,7-14H2,1-3H3,(H,21,24);2*1H. The zero-order chi connectivity index (χ0) is 18.9. The number of carbonyl (C=O) groups is 2. The van der Waals surface area contributed by atoms with Crippen molar-refractivity contribution in [1.82, 2.24) is 15.1 Å². The molecule has 1 aliphatic rings. The lowest BCUT2D eigenvalue weighted by Gasteiger charge is -2.34. The Labute approximate surface area is 180 Å². The first-order chi connectivity index (χ1) is 12.5. The Morgan fingerprint density at radius 1 is 1.11 bits per heavy atom. The summed E-state index contributed by atoms with van der Waals surface area (Å²) in [5, 5.41) is 6.06. The van der Waals surface area contributed by atoms with Crippen molar-refractivity contribution in [1.29, 1.82) is 0 Å². The summed E-state index contributed by atoms with van der Waals surface area (Å²) >= 11 is 0. The summed E-state index contributed by atoms with van der Waals surface area (Å²) in [6, 6.07) is 5.90. The first-order valence-electron chi connectivity index (χ1n) is 9.07. The number of anilines is 1. The van der Waals surface area contributed by atoms with Gasteiger partial charge in [-0.05, 0) is 31.0 Å². The van der Waals surface area contributed by atoms with E-state index in [1.807, 2.05) is 36.9 Å². The van der Waals surface area contributed by atoms with Crippen LogP contribution in [0.5, 0.6) is 0 Å². The van der Waals surface area contributed by atoms with Crippen LogP contribution in [-0.4, -0.2) is 81.1 Å². The zero-order valence-corrected chi connectivity index (χ0v) is 18.5. The molecule has 0 radical (unpaired) electrons. The molecule has 2 rings (SSSR count). The predicted molar refractivity (Wildman–Crippen MR) is 117 cm³/mol. The highest BCUT2D eigenvalue weighted by atomic mass is 35.5. The van der Waals surface area contributed by atoms with Crippen molar-refractivity contribution in [2.75, 3.05) is 64.8 Å². The molecule has 9 heteroatoms. The molecule has 0 unspecified atom stereocenters. The van der Waals surface area contributed by atoms with Gasteiger partial charge in [-0.25, -0.2) is 0 Å². The number of nitrogens with one attached hydrogen (secondary N) is 2. The maximum absolute atomic E-state index is 12.3. The van der Waals surface area contributed by atoms with Gasteiger partial charge in [0, 0.05) is 45.5 Å². The van der Waals surface area contributed by atoms with Gasteiger partial charge in [0.1, 0.15) is 0 Å². The van der Waals surface area contributed by atoms with E-state index < -0.39 is 0 Å². The summed E-state index contributed by atoms with van der Waals surface area (Å²) in [5.41, 5.74) is 3.12. The Kier molecular flexibility index (Phi) is 13.1.